The fourth-order valence-electron chi connectivity index (χ4n) is 1.89. The standard InChI is InChI=1S/C16H17NOS/c1-12(13-6-3-2-4-7-13)11-17-16(18)14-8-5-9-15(19)10-14/h2-10,12,19H,11H2,1H3,(H,17,18). The van der Waals surface area contributed by atoms with E-state index < -0.39 is 0 Å². The molecule has 2 rings (SSSR count). The number of benzene rings is 2. The summed E-state index contributed by atoms with van der Waals surface area (Å²) in [6, 6.07) is 17.4. The van der Waals surface area contributed by atoms with Gasteiger partial charge < -0.3 is 5.32 Å². The van der Waals surface area contributed by atoms with Gasteiger partial charge in [-0.3, -0.25) is 4.79 Å². The van der Waals surface area contributed by atoms with Crippen molar-refractivity contribution >= 4 is 18.5 Å². The normalized spacial score (nSPS) is 11.9. The van der Waals surface area contributed by atoms with Crippen molar-refractivity contribution in [1.29, 1.82) is 0 Å². The molecule has 2 nitrogen and oxygen atoms in total. The van der Waals surface area contributed by atoms with Crippen LogP contribution in [0.25, 0.3) is 0 Å². The summed E-state index contributed by atoms with van der Waals surface area (Å²) in [7, 11) is 0. The Labute approximate surface area is 119 Å². The highest BCUT2D eigenvalue weighted by molar-refractivity contribution is 7.80. The summed E-state index contributed by atoms with van der Waals surface area (Å²) >= 11 is 4.23. The second kappa shape index (κ2) is 6.43. The van der Waals surface area contributed by atoms with Crippen LogP contribution in [-0.4, -0.2) is 12.5 Å². The first kappa shape index (κ1) is 13.7. The second-order valence-corrected chi connectivity index (χ2v) is 5.09. The van der Waals surface area contributed by atoms with E-state index in [1.54, 1.807) is 12.1 Å². The number of hydrogen-bond acceptors (Lipinski definition) is 2. The minimum Gasteiger partial charge on any atom is -0.351 e. The topological polar surface area (TPSA) is 29.1 Å². The van der Waals surface area contributed by atoms with Crippen LogP contribution in [0.2, 0.25) is 0 Å². The van der Waals surface area contributed by atoms with Crippen molar-refractivity contribution in [2.24, 2.45) is 0 Å². The van der Waals surface area contributed by atoms with Crippen molar-refractivity contribution in [2.45, 2.75) is 17.7 Å². The number of rotatable bonds is 4. The SMILES string of the molecule is CC(CNC(=O)c1cccc(S)c1)c1ccccc1. The number of nitrogens with one attached hydrogen (secondary N) is 1. The van der Waals surface area contributed by atoms with Gasteiger partial charge in [0.1, 0.15) is 0 Å². The zero-order chi connectivity index (χ0) is 13.7. The molecule has 1 N–H and O–H groups in total. The smallest absolute Gasteiger partial charge is 0.251 e. The molecule has 3 heteroatoms. The Kier molecular flexibility index (Phi) is 4.63. The molecular formula is C16H17NOS. The maximum Gasteiger partial charge on any atom is 0.251 e. The Bertz CT molecular complexity index is 554. The van der Waals surface area contributed by atoms with Crippen LogP contribution in [0, 0.1) is 0 Å². The molecular weight excluding hydrogens is 254 g/mol. The van der Waals surface area contributed by atoms with Crippen LogP contribution in [0.15, 0.2) is 59.5 Å². The van der Waals surface area contributed by atoms with Gasteiger partial charge in [-0.05, 0) is 29.7 Å². The number of thiol groups is 1. The van der Waals surface area contributed by atoms with Crippen molar-refractivity contribution in [3.63, 3.8) is 0 Å². The van der Waals surface area contributed by atoms with Crippen LogP contribution < -0.4 is 5.32 Å². The van der Waals surface area contributed by atoms with E-state index in [1.165, 1.54) is 5.56 Å². The van der Waals surface area contributed by atoms with Gasteiger partial charge in [0.2, 0.25) is 0 Å². The minimum atomic E-state index is -0.0568. The van der Waals surface area contributed by atoms with E-state index in [2.05, 4.69) is 37.0 Å². The van der Waals surface area contributed by atoms with E-state index in [9.17, 15) is 4.79 Å². The van der Waals surface area contributed by atoms with E-state index in [1.807, 2.05) is 30.3 Å². The summed E-state index contributed by atoms with van der Waals surface area (Å²) in [5, 5.41) is 2.95. The van der Waals surface area contributed by atoms with Crippen LogP contribution in [0.5, 0.6) is 0 Å². The first-order valence-electron chi connectivity index (χ1n) is 6.29. The number of carbonyl (C=O) groups is 1. The van der Waals surface area contributed by atoms with Crippen LogP contribution in [0.1, 0.15) is 28.8 Å². The van der Waals surface area contributed by atoms with Gasteiger partial charge in [-0.25, -0.2) is 0 Å². The average Bonchev–Trinajstić information content (AvgIpc) is 2.45. The van der Waals surface area contributed by atoms with Crippen molar-refractivity contribution in [1.82, 2.24) is 5.32 Å². The lowest BCUT2D eigenvalue weighted by atomic mass is 10.0. The Hall–Kier alpha value is -1.74. The lowest BCUT2D eigenvalue weighted by Gasteiger charge is -2.13. The Morgan fingerprint density at radius 2 is 1.89 bits per heavy atom. The Morgan fingerprint density at radius 3 is 2.58 bits per heavy atom. The van der Waals surface area contributed by atoms with E-state index in [-0.39, 0.29) is 5.91 Å². The third-order valence-electron chi connectivity index (χ3n) is 3.05. The zero-order valence-corrected chi connectivity index (χ0v) is 11.7. The summed E-state index contributed by atoms with van der Waals surface area (Å²) in [5.41, 5.74) is 1.87. The molecule has 0 heterocycles. The van der Waals surface area contributed by atoms with E-state index in [0.717, 1.165) is 4.90 Å². The molecule has 0 aromatic heterocycles. The summed E-state index contributed by atoms with van der Waals surface area (Å²) in [5.74, 6) is 0.239. The molecule has 0 aliphatic carbocycles. The summed E-state index contributed by atoms with van der Waals surface area (Å²) in [4.78, 5) is 12.8. The molecule has 19 heavy (non-hydrogen) atoms. The minimum absolute atomic E-state index is 0.0568. The molecule has 1 atom stereocenters. The van der Waals surface area contributed by atoms with Gasteiger partial charge in [-0.1, -0.05) is 43.3 Å². The third-order valence-corrected chi connectivity index (χ3v) is 3.32. The molecule has 0 radical (unpaired) electrons. The largest absolute Gasteiger partial charge is 0.351 e. The van der Waals surface area contributed by atoms with Crippen molar-refractivity contribution in [2.75, 3.05) is 6.54 Å². The summed E-state index contributed by atoms with van der Waals surface area (Å²) in [6.45, 7) is 2.73. The van der Waals surface area contributed by atoms with Crippen LogP contribution in [0.3, 0.4) is 0 Å². The van der Waals surface area contributed by atoms with Crippen LogP contribution in [-0.2, 0) is 0 Å². The third kappa shape index (κ3) is 3.86. The molecule has 0 saturated heterocycles. The molecule has 2 aromatic carbocycles. The molecule has 0 aliphatic heterocycles. The van der Waals surface area contributed by atoms with Gasteiger partial charge in [0.25, 0.3) is 5.91 Å². The molecule has 0 aliphatic rings. The molecule has 1 unspecified atom stereocenters. The van der Waals surface area contributed by atoms with E-state index in [4.69, 9.17) is 0 Å². The van der Waals surface area contributed by atoms with Gasteiger partial charge in [0, 0.05) is 17.0 Å². The van der Waals surface area contributed by atoms with Crippen molar-refractivity contribution < 1.29 is 4.79 Å². The van der Waals surface area contributed by atoms with Gasteiger partial charge in [0.15, 0.2) is 0 Å². The number of carbonyl (C=O) groups excluding carboxylic acids is 1. The quantitative estimate of drug-likeness (QED) is 0.819. The highest BCUT2D eigenvalue weighted by Crippen LogP contribution is 2.14. The number of hydrogen-bond donors (Lipinski definition) is 2. The highest BCUT2D eigenvalue weighted by Gasteiger charge is 2.09. The van der Waals surface area contributed by atoms with Gasteiger partial charge in [-0.2, -0.15) is 0 Å². The fourth-order valence-corrected chi connectivity index (χ4v) is 2.12. The monoisotopic (exact) mass is 271 g/mol. The first-order valence-corrected chi connectivity index (χ1v) is 6.73. The summed E-state index contributed by atoms with van der Waals surface area (Å²) < 4.78 is 0. The summed E-state index contributed by atoms with van der Waals surface area (Å²) in [6.07, 6.45) is 0. The van der Waals surface area contributed by atoms with Crippen molar-refractivity contribution in [3.8, 4) is 0 Å². The predicted molar refractivity (Wildman–Crippen MR) is 80.9 cm³/mol. The lowest BCUT2D eigenvalue weighted by Crippen LogP contribution is -2.27. The van der Waals surface area contributed by atoms with Crippen LogP contribution >= 0.6 is 12.6 Å². The second-order valence-electron chi connectivity index (χ2n) is 4.57. The molecule has 1 amide bonds. The fraction of sp³-hybridized carbons (Fsp3) is 0.188. The lowest BCUT2D eigenvalue weighted by molar-refractivity contribution is 0.0951. The molecule has 0 bridgehead atoms. The highest BCUT2D eigenvalue weighted by atomic mass is 32.1. The van der Waals surface area contributed by atoms with Gasteiger partial charge in [0.05, 0.1) is 0 Å². The maximum absolute atomic E-state index is 12.0. The number of amides is 1. The predicted octanol–water partition coefficient (Wildman–Crippen LogP) is 3.51. The van der Waals surface area contributed by atoms with Crippen LogP contribution in [0.4, 0.5) is 0 Å². The first-order chi connectivity index (χ1) is 9.16. The molecule has 0 fully saturated rings. The average molecular weight is 271 g/mol. The van der Waals surface area contributed by atoms with Crippen molar-refractivity contribution in [3.05, 3.63) is 65.7 Å². The van der Waals surface area contributed by atoms with Gasteiger partial charge in [-0.15, -0.1) is 12.6 Å². The van der Waals surface area contributed by atoms with E-state index >= 15 is 0 Å². The Morgan fingerprint density at radius 1 is 1.16 bits per heavy atom. The maximum atomic E-state index is 12.0. The van der Waals surface area contributed by atoms with E-state index in [0.29, 0.717) is 18.0 Å². The van der Waals surface area contributed by atoms with Gasteiger partial charge >= 0.3 is 0 Å². The molecule has 98 valence electrons. The molecule has 2 aromatic rings. The zero-order valence-electron chi connectivity index (χ0n) is 10.8. The molecule has 0 spiro atoms. The Balaban J connectivity index is 1.94. The molecule has 0 saturated carbocycles.